The van der Waals surface area contributed by atoms with Crippen molar-refractivity contribution in [2.45, 2.75) is 13.3 Å². The van der Waals surface area contributed by atoms with Gasteiger partial charge in [-0.15, -0.1) is 0 Å². The molecule has 5 heteroatoms. The molecular formula is C26H21N3OS. The Bertz CT molecular complexity index is 1330. The Kier molecular flexibility index (Phi) is 5.18. The first-order valence-corrected chi connectivity index (χ1v) is 11.1. The van der Waals surface area contributed by atoms with Crippen LogP contribution in [0.5, 0.6) is 0 Å². The van der Waals surface area contributed by atoms with Crippen molar-refractivity contribution in [3.63, 3.8) is 0 Å². The summed E-state index contributed by atoms with van der Waals surface area (Å²) in [7, 11) is 0. The highest BCUT2D eigenvalue weighted by molar-refractivity contribution is 8.18. The third-order valence-electron chi connectivity index (χ3n) is 5.30. The fourth-order valence-corrected chi connectivity index (χ4v) is 4.44. The molecule has 1 aliphatic heterocycles. The van der Waals surface area contributed by atoms with Gasteiger partial charge in [0.05, 0.1) is 10.6 Å². The standard InChI is InChI=1S/C26H21N3OS/c1-2-18-9-12-21(13-10-18)27-26-28-25(30)24(31-26)17-22-8-5-15-29(22)23-14-11-19-6-3-4-7-20(19)16-23/h3-17H,2H2,1H3,(H,27,28,30)/b24-17-. The number of amidine groups is 1. The number of hydrogen-bond donors (Lipinski definition) is 1. The van der Waals surface area contributed by atoms with Gasteiger partial charge in [0.25, 0.3) is 5.91 Å². The number of aliphatic imine (C=N–C) groups is 1. The number of amides is 1. The molecule has 152 valence electrons. The lowest BCUT2D eigenvalue weighted by atomic mass is 10.1. The summed E-state index contributed by atoms with van der Waals surface area (Å²) in [5, 5.41) is 5.86. The molecule has 2 heterocycles. The predicted molar refractivity (Wildman–Crippen MR) is 130 cm³/mol. The van der Waals surface area contributed by atoms with E-state index < -0.39 is 0 Å². The lowest BCUT2D eigenvalue weighted by Crippen LogP contribution is -2.19. The first-order chi connectivity index (χ1) is 15.2. The molecule has 0 atom stereocenters. The normalized spacial score (nSPS) is 16.4. The van der Waals surface area contributed by atoms with Crippen LogP contribution in [0.25, 0.3) is 22.5 Å². The van der Waals surface area contributed by atoms with Crippen LogP contribution in [-0.2, 0) is 11.2 Å². The van der Waals surface area contributed by atoms with Crippen molar-refractivity contribution in [1.82, 2.24) is 9.88 Å². The van der Waals surface area contributed by atoms with Gasteiger partial charge in [-0.05, 0) is 77.0 Å². The Hall–Kier alpha value is -3.57. The Balaban J connectivity index is 1.42. The lowest BCUT2D eigenvalue weighted by Gasteiger charge is -2.08. The summed E-state index contributed by atoms with van der Waals surface area (Å²) in [6, 6.07) is 26.8. The minimum Gasteiger partial charge on any atom is -0.317 e. The topological polar surface area (TPSA) is 46.4 Å². The van der Waals surface area contributed by atoms with Gasteiger partial charge in [0.1, 0.15) is 0 Å². The molecule has 0 radical (unpaired) electrons. The van der Waals surface area contributed by atoms with E-state index in [0.29, 0.717) is 10.1 Å². The molecule has 31 heavy (non-hydrogen) atoms. The molecule has 1 fully saturated rings. The molecule has 4 aromatic rings. The number of thioether (sulfide) groups is 1. The molecule has 1 saturated heterocycles. The Morgan fingerprint density at radius 1 is 0.968 bits per heavy atom. The SMILES string of the molecule is CCc1ccc(N=C2NC(=O)/C(=C/c3cccn3-c3ccc4ccccc4c3)S2)cc1. The van der Waals surface area contributed by atoms with E-state index in [1.807, 2.05) is 48.7 Å². The lowest BCUT2D eigenvalue weighted by molar-refractivity contribution is -0.115. The number of aromatic nitrogens is 1. The van der Waals surface area contributed by atoms with E-state index in [9.17, 15) is 4.79 Å². The maximum atomic E-state index is 12.5. The summed E-state index contributed by atoms with van der Waals surface area (Å²) in [5.41, 5.74) is 4.10. The van der Waals surface area contributed by atoms with Gasteiger partial charge in [-0.25, -0.2) is 4.99 Å². The molecular weight excluding hydrogens is 402 g/mol. The number of nitrogens with zero attached hydrogens (tertiary/aromatic N) is 2. The van der Waals surface area contributed by atoms with Crippen molar-refractivity contribution in [3.05, 3.63) is 101 Å². The molecule has 0 saturated carbocycles. The average Bonchev–Trinajstić information content (AvgIpc) is 3.40. The van der Waals surface area contributed by atoms with E-state index >= 15 is 0 Å². The molecule has 5 rings (SSSR count). The number of hydrogen-bond acceptors (Lipinski definition) is 3. The van der Waals surface area contributed by atoms with Gasteiger partial charge >= 0.3 is 0 Å². The van der Waals surface area contributed by atoms with E-state index in [1.165, 1.54) is 28.1 Å². The van der Waals surface area contributed by atoms with Crippen LogP contribution in [0, 0.1) is 0 Å². The van der Waals surface area contributed by atoms with Crippen molar-refractivity contribution in [1.29, 1.82) is 0 Å². The van der Waals surface area contributed by atoms with E-state index in [-0.39, 0.29) is 5.91 Å². The molecule has 1 aromatic heterocycles. The molecule has 1 N–H and O–H groups in total. The fourth-order valence-electron chi connectivity index (χ4n) is 3.61. The van der Waals surface area contributed by atoms with Gasteiger partial charge in [0, 0.05) is 17.6 Å². The third-order valence-corrected chi connectivity index (χ3v) is 6.21. The summed E-state index contributed by atoms with van der Waals surface area (Å²) in [6.45, 7) is 2.12. The fraction of sp³-hybridized carbons (Fsp3) is 0.0769. The largest absolute Gasteiger partial charge is 0.317 e. The molecule has 3 aromatic carbocycles. The Morgan fingerprint density at radius 3 is 2.58 bits per heavy atom. The minimum atomic E-state index is -0.125. The second kappa shape index (κ2) is 8.28. The summed E-state index contributed by atoms with van der Waals surface area (Å²) < 4.78 is 2.09. The molecule has 0 aliphatic carbocycles. The van der Waals surface area contributed by atoms with E-state index in [1.54, 1.807) is 0 Å². The summed E-state index contributed by atoms with van der Waals surface area (Å²) >= 11 is 1.37. The van der Waals surface area contributed by atoms with Crippen LogP contribution in [0.1, 0.15) is 18.2 Å². The van der Waals surface area contributed by atoms with Gasteiger partial charge in [-0.2, -0.15) is 0 Å². The quantitative estimate of drug-likeness (QED) is 0.404. The number of carbonyl (C=O) groups is 1. The number of aryl methyl sites for hydroxylation is 1. The van der Waals surface area contributed by atoms with Crippen LogP contribution < -0.4 is 5.32 Å². The highest BCUT2D eigenvalue weighted by Gasteiger charge is 2.24. The zero-order chi connectivity index (χ0) is 21.2. The maximum absolute atomic E-state index is 12.5. The zero-order valence-electron chi connectivity index (χ0n) is 17.1. The molecule has 0 bridgehead atoms. The van der Waals surface area contributed by atoms with Gasteiger partial charge in [-0.3, -0.25) is 4.79 Å². The smallest absolute Gasteiger partial charge is 0.264 e. The van der Waals surface area contributed by atoms with Crippen molar-refractivity contribution in [2.24, 2.45) is 4.99 Å². The second-order valence-electron chi connectivity index (χ2n) is 7.34. The number of benzene rings is 3. The van der Waals surface area contributed by atoms with Crippen molar-refractivity contribution in [3.8, 4) is 5.69 Å². The van der Waals surface area contributed by atoms with Gasteiger partial charge in [0.15, 0.2) is 5.17 Å². The zero-order valence-corrected chi connectivity index (χ0v) is 17.9. The van der Waals surface area contributed by atoms with E-state index in [2.05, 4.69) is 64.3 Å². The second-order valence-corrected chi connectivity index (χ2v) is 8.37. The summed E-state index contributed by atoms with van der Waals surface area (Å²) in [4.78, 5) is 17.7. The number of fused-ring (bicyclic) bond motifs is 1. The first kappa shape index (κ1) is 19.4. The minimum absolute atomic E-state index is 0.125. The van der Waals surface area contributed by atoms with Crippen molar-refractivity contribution < 1.29 is 4.79 Å². The molecule has 1 aliphatic rings. The number of carbonyl (C=O) groups excluding carboxylic acids is 1. The summed E-state index contributed by atoms with van der Waals surface area (Å²) in [6.07, 6.45) is 4.92. The number of nitrogens with one attached hydrogen (secondary N) is 1. The highest BCUT2D eigenvalue weighted by atomic mass is 32.2. The maximum Gasteiger partial charge on any atom is 0.264 e. The number of rotatable bonds is 4. The van der Waals surface area contributed by atoms with E-state index in [0.717, 1.165) is 23.5 Å². The van der Waals surface area contributed by atoms with E-state index in [4.69, 9.17) is 0 Å². The van der Waals surface area contributed by atoms with Crippen LogP contribution in [0.2, 0.25) is 0 Å². The highest BCUT2D eigenvalue weighted by Crippen LogP contribution is 2.29. The Morgan fingerprint density at radius 2 is 1.77 bits per heavy atom. The van der Waals surface area contributed by atoms with Crippen LogP contribution >= 0.6 is 11.8 Å². The molecule has 0 spiro atoms. The molecule has 4 nitrogen and oxygen atoms in total. The van der Waals surface area contributed by atoms with Gasteiger partial charge in [-0.1, -0.05) is 49.4 Å². The monoisotopic (exact) mass is 423 g/mol. The van der Waals surface area contributed by atoms with Crippen molar-refractivity contribution in [2.75, 3.05) is 0 Å². The average molecular weight is 424 g/mol. The molecule has 1 amide bonds. The first-order valence-electron chi connectivity index (χ1n) is 10.2. The predicted octanol–water partition coefficient (Wildman–Crippen LogP) is 6.08. The summed E-state index contributed by atoms with van der Waals surface area (Å²) in [5.74, 6) is -0.125. The van der Waals surface area contributed by atoms with Crippen LogP contribution in [0.3, 0.4) is 0 Å². The Labute approximate surface area is 185 Å². The molecule has 0 unspecified atom stereocenters. The van der Waals surface area contributed by atoms with Gasteiger partial charge < -0.3 is 9.88 Å². The third kappa shape index (κ3) is 4.05. The van der Waals surface area contributed by atoms with Crippen molar-refractivity contribution >= 4 is 45.4 Å². The van der Waals surface area contributed by atoms with Crippen LogP contribution in [0.15, 0.2) is 95.0 Å². The van der Waals surface area contributed by atoms with Crippen LogP contribution in [-0.4, -0.2) is 15.6 Å². The van der Waals surface area contributed by atoms with Gasteiger partial charge in [0.2, 0.25) is 0 Å². The van der Waals surface area contributed by atoms with Crippen LogP contribution in [0.4, 0.5) is 5.69 Å².